The van der Waals surface area contributed by atoms with Crippen molar-refractivity contribution in [2.45, 2.75) is 46.1 Å². The Hall–Kier alpha value is -1.75. The molecule has 134 valence electrons. The van der Waals surface area contributed by atoms with Crippen molar-refractivity contribution in [3.05, 3.63) is 23.8 Å². The molecular weight excluding hydrogens is 304 g/mol. The second-order valence-corrected chi connectivity index (χ2v) is 6.67. The van der Waals surface area contributed by atoms with E-state index >= 15 is 0 Å². The van der Waals surface area contributed by atoms with Crippen LogP contribution in [0.1, 0.15) is 39.2 Å². The minimum Gasteiger partial charge on any atom is -0.490 e. The molecule has 1 heterocycles. The molecule has 0 fully saturated rings. The lowest BCUT2D eigenvalue weighted by Gasteiger charge is -2.25. The number of benzene rings is 1. The van der Waals surface area contributed by atoms with Gasteiger partial charge < -0.3 is 20.5 Å². The fourth-order valence-corrected chi connectivity index (χ4v) is 2.93. The zero-order valence-corrected chi connectivity index (χ0v) is 15.0. The van der Waals surface area contributed by atoms with E-state index in [-0.39, 0.29) is 17.9 Å². The van der Waals surface area contributed by atoms with Crippen molar-refractivity contribution in [1.29, 1.82) is 0 Å². The third-order valence-corrected chi connectivity index (χ3v) is 4.63. The van der Waals surface area contributed by atoms with Crippen molar-refractivity contribution in [2.24, 2.45) is 17.6 Å². The summed E-state index contributed by atoms with van der Waals surface area (Å²) in [5.74, 6) is 1.86. The summed E-state index contributed by atoms with van der Waals surface area (Å²) in [4.78, 5) is 12.1. The van der Waals surface area contributed by atoms with Gasteiger partial charge in [-0.1, -0.05) is 26.8 Å². The Morgan fingerprint density at radius 2 is 1.96 bits per heavy atom. The molecule has 0 aliphatic carbocycles. The molecule has 0 aromatic heterocycles. The first-order chi connectivity index (χ1) is 11.5. The van der Waals surface area contributed by atoms with Gasteiger partial charge in [0.15, 0.2) is 11.5 Å². The van der Waals surface area contributed by atoms with Gasteiger partial charge in [0.2, 0.25) is 5.91 Å². The lowest BCUT2D eigenvalue weighted by Crippen LogP contribution is -2.43. The van der Waals surface area contributed by atoms with Crippen LogP contribution in [0, 0.1) is 11.8 Å². The predicted molar refractivity (Wildman–Crippen MR) is 95.4 cm³/mol. The van der Waals surface area contributed by atoms with Gasteiger partial charge in [0, 0.05) is 24.9 Å². The number of carbonyl (C=O) groups is 1. The Balaban J connectivity index is 2.00. The highest BCUT2D eigenvalue weighted by molar-refractivity contribution is 5.78. The van der Waals surface area contributed by atoms with Gasteiger partial charge >= 0.3 is 0 Å². The summed E-state index contributed by atoms with van der Waals surface area (Å²) in [6.45, 7) is 7.89. The van der Waals surface area contributed by atoms with Crippen LogP contribution in [-0.2, 0) is 11.2 Å². The first-order valence-corrected chi connectivity index (χ1v) is 8.94. The molecule has 3 atom stereocenters. The number of hydrogen-bond acceptors (Lipinski definition) is 4. The molecule has 5 nitrogen and oxygen atoms in total. The molecule has 3 unspecified atom stereocenters. The summed E-state index contributed by atoms with van der Waals surface area (Å²) in [5, 5.41) is 3.13. The van der Waals surface area contributed by atoms with Crippen molar-refractivity contribution in [3.8, 4) is 11.5 Å². The van der Waals surface area contributed by atoms with Crippen LogP contribution < -0.4 is 20.5 Å². The van der Waals surface area contributed by atoms with Gasteiger partial charge in [-0.15, -0.1) is 0 Å². The average Bonchev–Trinajstić information content (AvgIpc) is 2.83. The quantitative estimate of drug-likeness (QED) is 0.803. The SMILES string of the molecule is CCC(NC(=O)C(C)CN)C(C)Cc1ccc2c(c1)OCCCO2. The van der Waals surface area contributed by atoms with Gasteiger partial charge in [-0.3, -0.25) is 4.79 Å². The molecule has 0 radical (unpaired) electrons. The largest absolute Gasteiger partial charge is 0.490 e. The van der Waals surface area contributed by atoms with Crippen molar-refractivity contribution >= 4 is 5.91 Å². The lowest BCUT2D eigenvalue weighted by molar-refractivity contribution is -0.125. The van der Waals surface area contributed by atoms with Gasteiger partial charge in [0.1, 0.15) is 0 Å². The number of nitrogens with one attached hydrogen (secondary N) is 1. The zero-order chi connectivity index (χ0) is 17.5. The maximum atomic E-state index is 12.1. The van der Waals surface area contributed by atoms with Crippen molar-refractivity contribution < 1.29 is 14.3 Å². The Kier molecular flexibility index (Phi) is 6.91. The molecule has 1 amide bonds. The standard InChI is InChI=1S/C19H30N2O3/c1-4-16(21-19(22)14(3)12-20)13(2)10-15-6-7-17-18(11-15)24-9-5-8-23-17/h6-7,11,13-14,16H,4-5,8-10,12,20H2,1-3H3,(H,21,22). The van der Waals surface area contributed by atoms with E-state index in [4.69, 9.17) is 15.2 Å². The molecule has 0 saturated heterocycles. The molecule has 1 aromatic carbocycles. The van der Waals surface area contributed by atoms with E-state index < -0.39 is 0 Å². The van der Waals surface area contributed by atoms with Gasteiger partial charge in [-0.2, -0.15) is 0 Å². The molecule has 0 bridgehead atoms. The second kappa shape index (κ2) is 8.92. The molecule has 3 N–H and O–H groups in total. The molecule has 24 heavy (non-hydrogen) atoms. The van der Waals surface area contributed by atoms with Crippen LogP contribution in [0.4, 0.5) is 0 Å². The lowest BCUT2D eigenvalue weighted by atomic mass is 9.91. The summed E-state index contributed by atoms with van der Waals surface area (Å²) >= 11 is 0. The normalized spacial score (nSPS) is 17.5. The average molecular weight is 334 g/mol. The van der Waals surface area contributed by atoms with E-state index in [0.717, 1.165) is 30.8 Å². The molecule has 2 rings (SSSR count). The smallest absolute Gasteiger partial charge is 0.224 e. The molecule has 0 saturated carbocycles. The maximum Gasteiger partial charge on any atom is 0.224 e. The molecule has 1 aliphatic rings. The summed E-state index contributed by atoms with van der Waals surface area (Å²) in [7, 11) is 0. The van der Waals surface area contributed by atoms with Crippen LogP contribution in [0.2, 0.25) is 0 Å². The molecule has 5 heteroatoms. The molecule has 0 spiro atoms. The highest BCUT2D eigenvalue weighted by atomic mass is 16.5. The molecule has 1 aromatic rings. The van der Waals surface area contributed by atoms with E-state index in [1.165, 1.54) is 5.56 Å². The Bertz CT molecular complexity index is 547. The Labute approximate surface area is 144 Å². The number of amides is 1. The minimum atomic E-state index is -0.149. The number of hydrogen-bond donors (Lipinski definition) is 2. The number of carbonyl (C=O) groups excluding carboxylic acids is 1. The Morgan fingerprint density at radius 1 is 1.25 bits per heavy atom. The molecular formula is C19H30N2O3. The summed E-state index contributed by atoms with van der Waals surface area (Å²) in [5.41, 5.74) is 6.78. The predicted octanol–water partition coefficient (Wildman–Crippen LogP) is 2.52. The van der Waals surface area contributed by atoms with Crippen LogP contribution in [0.25, 0.3) is 0 Å². The second-order valence-electron chi connectivity index (χ2n) is 6.67. The van der Waals surface area contributed by atoms with Crippen molar-refractivity contribution in [3.63, 3.8) is 0 Å². The first kappa shape index (κ1) is 18.6. The first-order valence-electron chi connectivity index (χ1n) is 8.94. The van der Waals surface area contributed by atoms with Gasteiger partial charge in [-0.25, -0.2) is 0 Å². The Morgan fingerprint density at radius 3 is 2.62 bits per heavy atom. The van der Waals surface area contributed by atoms with Gasteiger partial charge in [0.25, 0.3) is 0 Å². The highest BCUT2D eigenvalue weighted by Gasteiger charge is 2.21. The number of nitrogens with two attached hydrogens (primary N) is 1. The summed E-state index contributed by atoms with van der Waals surface area (Å²) in [6, 6.07) is 6.27. The summed E-state index contributed by atoms with van der Waals surface area (Å²) in [6.07, 6.45) is 2.69. The van der Waals surface area contributed by atoms with E-state index in [1.807, 2.05) is 13.0 Å². The monoisotopic (exact) mass is 334 g/mol. The van der Waals surface area contributed by atoms with Gasteiger partial charge in [-0.05, 0) is 36.5 Å². The van der Waals surface area contributed by atoms with Crippen molar-refractivity contribution in [1.82, 2.24) is 5.32 Å². The van der Waals surface area contributed by atoms with E-state index in [2.05, 4.69) is 31.3 Å². The van der Waals surface area contributed by atoms with E-state index in [9.17, 15) is 4.79 Å². The van der Waals surface area contributed by atoms with Gasteiger partial charge in [0.05, 0.1) is 13.2 Å². The maximum absolute atomic E-state index is 12.1. The fraction of sp³-hybridized carbons (Fsp3) is 0.632. The number of ether oxygens (including phenoxy) is 2. The fourth-order valence-electron chi connectivity index (χ4n) is 2.93. The molecule has 1 aliphatic heterocycles. The van der Waals surface area contributed by atoms with Crippen LogP contribution in [0.15, 0.2) is 18.2 Å². The topological polar surface area (TPSA) is 73.6 Å². The third kappa shape index (κ3) is 4.87. The number of fused-ring (bicyclic) bond motifs is 1. The van der Waals surface area contributed by atoms with Crippen LogP contribution in [-0.4, -0.2) is 31.7 Å². The zero-order valence-electron chi connectivity index (χ0n) is 15.0. The third-order valence-electron chi connectivity index (χ3n) is 4.63. The van der Waals surface area contributed by atoms with Crippen molar-refractivity contribution in [2.75, 3.05) is 19.8 Å². The van der Waals surface area contributed by atoms with Crippen LogP contribution >= 0.6 is 0 Å². The van der Waals surface area contributed by atoms with E-state index in [1.54, 1.807) is 0 Å². The highest BCUT2D eigenvalue weighted by Crippen LogP contribution is 2.31. The summed E-state index contributed by atoms with van der Waals surface area (Å²) < 4.78 is 11.4. The minimum absolute atomic E-state index is 0.0369. The van der Waals surface area contributed by atoms with Crippen LogP contribution in [0.3, 0.4) is 0 Å². The number of rotatable bonds is 7. The van der Waals surface area contributed by atoms with Crippen LogP contribution in [0.5, 0.6) is 11.5 Å². The van der Waals surface area contributed by atoms with E-state index in [0.29, 0.717) is 25.7 Å².